The first-order valence-electron chi connectivity index (χ1n) is 10.2. The summed E-state index contributed by atoms with van der Waals surface area (Å²) in [7, 11) is 3.25. The molecule has 1 aliphatic rings. The van der Waals surface area contributed by atoms with Crippen molar-refractivity contribution in [3.05, 3.63) is 63.3 Å². The van der Waals surface area contributed by atoms with E-state index < -0.39 is 0 Å². The first kappa shape index (κ1) is 24.0. The molecule has 0 aromatic heterocycles. The van der Waals surface area contributed by atoms with Gasteiger partial charge in [-0.2, -0.15) is 0 Å². The van der Waals surface area contributed by atoms with Crippen LogP contribution in [0.5, 0.6) is 11.5 Å². The molecular weight excluding hydrogens is 448 g/mol. The summed E-state index contributed by atoms with van der Waals surface area (Å²) in [5.41, 5.74) is 4.06. The standard InChI is InChI=1S/C24H27ClN2O4S/c1-15-10-19(11-16(2)22(15)25)31-14-18-12-17(6-7-21(18)30-4)13-20-23(28)27(24(32)26-20)8-5-9-29-3/h6-7,10-13H,5,8-9,14H2,1-4H3,(H,26,32)/b20-13+. The molecule has 0 spiro atoms. The largest absolute Gasteiger partial charge is 0.496 e. The van der Waals surface area contributed by atoms with Gasteiger partial charge in [-0.25, -0.2) is 0 Å². The first-order valence-corrected chi connectivity index (χ1v) is 11.0. The van der Waals surface area contributed by atoms with E-state index in [0.717, 1.165) is 33.0 Å². The molecule has 2 aromatic carbocycles. The van der Waals surface area contributed by atoms with E-state index >= 15 is 0 Å². The van der Waals surface area contributed by atoms with Crippen molar-refractivity contribution in [1.29, 1.82) is 0 Å². The number of hydrogen-bond acceptors (Lipinski definition) is 5. The summed E-state index contributed by atoms with van der Waals surface area (Å²) in [4.78, 5) is 14.3. The van der Waals surface area contributed by atoms with Gasteiger partial charge in [0.25, 0.3) is 5.91 Å². The fourth-order valence-electron chi connectivity index (χ4n) is 3.46. The topological polar surface area (TPSA) is 60.0 Å². The van der Waals surface area contributed by atoms with Crippen molar-refractivity contribution in [1.82, 2.24) is 10.2 Å². The Bertz CT molecular complexity index is 1030. The van der Waals surface area contributed by atoms with Crippen LogP contribution in [0.1, 0.15) is 28.7 Å². The fraction of sp³-hybridized carbons (Fsp3) is 0.333. The zero-order valence-corrected chi connectivity index (χ0v) is 20.2. The molecular formula is C24H27ClN2O4S. The Balaban J connectivity index is 1.77. The van der Waals surface area contributed by atoms with Gasteiger partial charge in [-0.1, -0.05) is 17.7 Å². The molecule has 1 fully saturated rings. The Morgan fingerprint density at radius 3 is 2.53 bits per heavy atom. The Hall–Kier alpha value is -2.61. The van der Waals surface area contributed by atoms with E-state index in [4.69, 9.17) is 38.0 Å². The predicted molar refractivity (Wildman–Crippen MR) is 130 cm³/mol. The molecule has 0 unspecified atom stereocenters. The molecule has 0 bridgehead atoms. The molecule has 0 saturated carbocycles. The van der Waals surface area contributed by atoms with Crippen LogP contribution >= 0.6 is 23.8 Å². The second-order valence-electron chi connectivity index (χ2n) is 7.52. The van der Waals surface area contributed by atoms with E-state index in [-0.39, 0.29) is 5.91 Å². The number of methoxy groups -OCH3 is 2. The van der Waals surface area contributed by atoms with Crippen LogP contribution in [-0.4, -0.2) is 43.3 Å². The van der Waals surface area contributed by atoms with Gasteiger partial charge in [-0.15, -0.1) is 0 Å². The number of carbonyl (C=O) groups excluding carboxylic acids is 1. The molecule has 0 aliphatic carbocycles. The normalized spacial score (nSPS) is 14.8. The predicted octanol–water partition coefficient (Wildman–Crippen LogP) is 4.64. The number of amides is 1. The minimum Gasteiger partial charge on any atom is -0.496 e. The SMILES string of the molecule is COCCCN1C(=O)/C(=C\c2ccc(OC)c(COc3cc(C)c(Cl)c(C)c3)c2)NC1=S. The summed E-state index contributed by atoms with van der Waals surface area (Å²) >= 11 is 11.6. The summed E-state index contributed by atoms with van der Waals surface area (Å²) in [5.74, 6) is 1.30. The van der Waals surface area contributed by atoms with Crippen LogP contribution in [0.2, 0.25) is 5.02 Å². The summed E-state index contributed by atoms with van der Waals surface area (Å²) in [5, 5.41) is 4.15. The molecule has 2 aromatic rings. The third kappa shape index (κ3) is 5.59. The summed E-state index contributed by atoms with van der Waals surface area (Å²) in [6.45, 7) is 5.29. The molecule has 32 heavy (non-hydrogen) atoms. The molecule has 1 amide bonds. The van der Waals surface area contributed by atoms with Crippen LogP contribution in [0, 0.1) is 13.8 Å². The molecule has 0 atom stereocenters. The Kier molecular flexibility index (Phi) is 8.12. The molecule has 1 N–H and O–H groups in total. The number of ether oxygens (including phenoxy) is 3. The lowest BCUT2D eigenvalue weighted by Gasteiger charge is -2.13. The van der Waals surface area contributed by atoms with Crippen LogP contribution in [-0.2, 0) is 16.1 Å². The molecule has 6 nitrogen and oxygen atoms in total. The summed E-state index contributed by atoms with van der Waals surface area (Å²) in [6, 6.07) is 9.50. The quantitative estimate of drug-likeness (QED) is 0.324. The lowest BCUT2D eigenvalue weighted by Crippen LogP contribution is -2.32. The summed E-state index contributed by atoms with van der Waals surface area (Å²) < 4.78 is 16.6. The number of hydrogen-bond donors (Lipinski definition) is 1. The molecule has 170 valence electrons. The van der Waals surface area contributed by atoms with E-state index in [9.17, 15) is 4.79 Å². The highest BCUT2D eigenvalue weighted by Crippen LogP contribution is 2.28. The van der Waals surface area contributed by atoms with Crippen molar-refractivity contribution in [2.45, 2.75) is 26.9 Å². The molecule has 8 heteroatoms. The van der Waals surface area contributed by atoms with Crippen LogP contribution in [0.3, 0.4) is 0 Å². The number of halogens is 1. The second kappa shape index (κ2) is 10.8. The maximum absolute atomic E-state index is 12.7. The Labute approximate surface area is 199 Å². The van der Waals surface area contributed by atoms with Crippen LogP contribution < -0.4 is 14.8 Å². The van der Waals surface area contributed by atoms with Crippen LogP contribution in [0.25, 0.3) is 6.08 Å². The minimum atomic E-state index is -0.146. The van der Waals surface area contributed by atoms with E-state index in [2.05, 4.69) is 5.32 Å². The average Bonchev–Trinajstić information content (AvgIpc) is 3.03. The van der Waals surface area contributed by atoms with Crippen molar-refractivity contribution in [3.8, 4) is 11.5 Å². The van der Waals surface area contributed by atoms with Crippen molar-refractivity contribution in [2.75, 3.05) is 27.4 Å². The van der Waals surface area contributed by atoms with Gasteiger partial charge in [0.05, 0.1) is 7.11 Å². The number of nitrogens with one attached hydrogen (secondary N) is 1. The zero-order chi connectivity index (χ0) is 23.3. The van der Waals surface area contributed by atoms with Gasteiger partial charge >= 0.3 is 0 Å². The lowest BCUT2D eigenvalue weighted by molar-refractivity contribution is -0.122. The first-order chi connectivity index (χ1) is 15.3. The van der Waals surface area contributed by atoms with Gasteiger partial charge in [-0.3, -0.25) is 9.69 Å². The van der Waals surface area contributed by atoms with E-state index in [0.29, 0.717) is 42.7 Å². The fourth-order valence-corrected chi connectivity index (χ4v) is 3.85. The van der Waals surface area contributed by atoms with Gasteiger partial charge < -0.3 is 19.5 Å². The van der Waals surface area contributed by atoms with Crippen LogP contribution in [0.15, 0.2) is 36.0 Å². The molecule has 0 radical (unpaired) electrons. The van der Waals surface area contributed by atoms with Crippen molar-refractivity contribution in [2.24, 2.45) is 0 Å². The highest BCUT2D eigenvalue weighted by atomic mass is 35.5. The van der Waals surface area contributed by atoms with Crippen molar-refractivity contribution >= 4 is 40.9 Å². The monoisotopic (exact) mass is 474 g/mol. The highest BCUT2D eigenvalue weighted by molar-refractivity contribution is 7.80. The third-order valence-corrected chi connectivity index (χ3v) is 6.03. The second-order valence-corrected chi connectivity index (χ2v) is 8.29. The summed E-state index contributed by atoms with van der Waals surface area (Å²) in [6.07, 6.45) is 2.50. The highest BCUT2D eigenvalue weighted by Gasteiger charge is 2.30. The maximum Gasteiger partial charge on any atom is 0.276 e. The zero-order valence-electron chi connectivity index (χ0n) is 18.7. The smallest absolute Gasteiger partial charge is 0.276 e. The number of rotatable bonds is 9. The minimum absolute atomic E-state index is 0.146. The van der Waals surface area contributed by atoms with Crippen molar-refractivity contribution in [3.63, 3.8) is 0 Å². The molecule has 3 rings (SSSR count). The molecule has 1 heterocycles. The van der Waals surface area contributed by atoms with Gasteiger partial charge in [0.2, 0.25) is 0 Å². The lowest BCUT2D eigenvalue weighted by atomic mass is 10.1. The number of carbonyl (C=O) groups is 1. The number of benzene rings is 2. The number of aryl methyl sites for hydroxylation is 2. The number of thiocarbonyl (C=S) groups is 1. The average molecular weight is 475 g/mol. The Morgan fingerprint density at radius 1 is 1.16 bits per heavy atom. The van der Waals surface area contributed by atoms with E-state index in [1.54, 1.807) is 25.2 Å². The number of nitrogens with zero attached hydrogens (tertiary/aromatic N) is 1. The van der Waals surface area contributed by atoms with E-state index in [1.807, 2.05) is 44.2 Å². The third-order valence-electron chi connectivity index (χ3n) is 5.11. The molecule has 1 aliphatic heterocycles. The van der Waals surface area contributed by atoms with Crippen molar-refractivity contribution < 1.29 is 19.0 Å². The van der Waals surface area contributed by atoms with Gasteiger partial charge in [0.1, 0.15) is 23.8 Å². The molecule has 1 saturated heterocycles. The van der Waals surface area contributed by atoms with Gasteiger partial charge in [0.15, 0.2) is 5.11 Å². The van der Waals surface area contributed by atoms with Gasteiger partial charge in [0, 0.05) is 30.8 Å². The maximum atomic E-state index is 12.7. The van der Waals surface area contributed by atoms with E-state index in [1.165, 1.54) is 0 Å². The van der Waals surface area contributed by atoms with Gasteiger partial charge in [-0.05, 0) is 79.5 Å². The Morgan fingerprint density at radius 2 is 1.88 bits per heavy atom. The van der Waals surface area contributed by atoms with Crippen LogP contribution in [0.4, 0.5) is 0 Å².